The molecule has 0 aliphatic carbocycles. The number of benzene rings is 2. The quantitative estimate of drug-likeness (QED) is 0.564. The zero-order valence-electron chi connectivity index (χ0n) is 17.3. The van der Waals surface area contributed by atoms with Gasteiger partial charge in [-0.2, -0.15) is 0 Å². The van der Waals surface area contributed by atoms with E-state index in [2.05, 4.69) is 32.2 Å². The lowest BCUT2D eigenvalue weighted by Crippen LogP contribution is -2.26. The molecule has 2 aromatic carbocycles. The first-order valence-electron chi connectivity index (χ1n) is 9.76. The van der Waals surface area contributed by atoms with E-state index in [1.165, 1.54) is 11.1 Å². The van der Waals surface area contributed by atoms with Gasteiger partial charge in [-0.3, -0.25) is 9.59 Å². The Morgan fingerprint density at radius 3 is 2.52 bits per heavy atom. The van der Waals surface area contributed by atoms with Gasteiger partial charge in [-0.15, -0.1) is 0 Å². The highest BCUT2D eigenvalue weighted by Gasteiger charge is 2.06. The van der Waals surface area contributed by atoms with Crippen LogP contribution >= 0.6 is 0 Å². The molecule has 29 heavy (non-hydrogen) atoms. The highest BCUT2D eigenvalue weighted by atomic mass is 16.5. The van der Waals surface area contributed by atoms with Gasteiger partial charge in [0.1, 0.15) is 24.7 Å². The van der Waals surface area contributed by atoms with E-state index >= 15 is 0 Å². The Kier molecular flexibility index (Phi) is 8.52. The molecule has 0 spiro atoms. The van der Waals surface area contributed by atoms with E-state index < -0.39 is 5.97 Å². The van der Waals surface area contributed by atoms with E-state index in [4.69, 9.17) is 14.6 Å². The molecule has 1 amide bonds. The van der Waals surface area contributed by atoms with Gasteiger partial charge < -0.3 is 19.9 Å². The van der Waals surface area contributed by atoms with Gasteiger partial charge in [0, 0.05) is 13.0 Å². The van der Waals surface area contributed by atoms with Gasteiger partial charge in [0.15, 0.2) is 0 Å². The number of nitrogens with one attached hydrogen (secondary N) is 1. The number of aliphatic carboxylic acids is 1. The molecule has 2 aromatic rings. The molecule has 0 aliphatic rings. The van der Waals surface area contributed by atoms with Crippen molar-refractivity contribution in [3.05, 3.63) is 58.7 Å². The summed E-state index contributed by atoms with van der Waals surface area (Å²) in [4.78, 5) is 22.0. The lowest BCUT2D eigenvalue weighted by molar-refractivity contribution is -0.138. The highest BCUT2D eigenvalue weighted by Crippen LogP contribution is 2.23. The van der Waals surface area contributed by atoms with Crippen LogP contribution in [-0.2, 0) is 16.0 Å². The summed E-state index contributed by atoms with van der Waals surface area (Å²) in [5.74, 6) is 0.416. The monoisotopic (exact) mass is 399 g/mol. The SMILES string of the molecule is Cc1cc(C)c(C)c(OCCOc2cccc(CCNC(=O)CCC(=O)O)c2)c1. The molecule has 2 N–H and O–H groups in total. The molecule has 0 bridgehead atoms. The third-order valence-corrected chi connectivity index (χ3v) is 4.57. The zero-order valence-corrected chi connectivity index (χ0v) is 17.3. The fourth-order valence-electron chi connectivity index (χ4n) is 2.91. The Morgan fingerprint density at radius 2 is 1.76 bits per heavy atom. The number of hydrogen-bond donors (Lipinski definition) is 2. The van der Waals surface area contributed by atoms with Gasteiger partial charge in [-0.05, 0) is 67.6 Å². The Hall–Kier alpha value is -3.02. The second-order valence-corrected chi connectivity index (χ2v) is 7.04. The Balaban J connectivity index is 1.74. The number of carbonyl (C=O) groups is 2. The molecule has 0 saturated heterocycles. The van der Waals surface area contributed by atoms with Crippen molar-refractivity contribution in [1.29, 1.82) is 0 Å². The number of carboxylic acids is 1. The van der Waals surface area contributed by atoms with Gasteiger partial charge in [-0.1, -0.05) is 18.2 Å². The first kappa shape index (κ1) is 22.3. The summed E-state index contributed by atoms with van der Waals surface area (Å²) in [6, 6.07) is 11.9. The van der Waals surface area contributed by atoms with Gasteiger partial charge in [0.25, 0.3) is 0 Å². The molecule has 6 heteroatoms. The summed E-state index contributed by atoms with van der Waals surface area (Å²) >= 11 is 0. The second kappa shape index (κ2) is 11.1. The van der Waals surface area contributed by atoms with Gasteiger partial charge in [-0.25, -0.2) is 0 Å². The summed E-state index contributed by atoms with van der Waals surface area (Å²) in [6.07, 6.45) is 0.492. The second-order valence-electron chi connectivity index (χ2n) is 7.04. The van der Waals surface area contributed by atoms with E-state index in [-0.39, 0.29) is 18.7 Å². The van der Waals surface area contributed by atoms with Crippen molar-refractivity contribution in [2.75, 3.05) is 19.8 Å². The van der Waals surface area contributed by atoms with Crippen LogP contribution in [0.1, 0.15) is 35.1 Å². The molecule has 0 saturated carbocycles. The van der Waals surface area contributed by atoms with Crippen molar-refractivity contribution in [2.24, 2.45) is 0 Å². The zero-order chi connectivity index (χ0) is 21.2. The smallest absolute Gasteiger partial charge is 0.303 e. The molecule has 6 nitrogen and oxygen atoms in total. The molecular weight excluding hydrogens is 370 g/mol. The van der Waals surface area contributed by atoms with Crippen LogP contribution in [0.3, 0.4) is 0 Å². The molecule has 2 rings (SSSR count). The standard InChI is InChI=1S/C23H29NO5/c1-16-13-17(2)18(3)21(14-16)29-12-11-28-20-6-4-5-19(15-20)9-10-24-22(25)7-8-23(26)27/h4-6,13-15H,7-12H2,1-3H3,(H,24,25)(H,26,27). The normalized spacial score (nSPS) is 10.4. The molecule has 0 unspecified atom stereocenters. The summed E-state index contributed by atoms with van der Waals surface area (Å²) in [5.41, 5.74) is 4.56. The van der Waals surface area contributed by atoms with E-state index in [1.807, 2.05) is 30.3 Å². The summed E-state index contributed by atoms with van der Waals surface area (Å²) in [7, 11) is 0. The van der Waals surface area contributed by atoms with Crippen LogP contribution in [0.2, 0.25) is 0 Å². The minimum Gasteiger partial charge on any atom is -0.490 e. The molecule has 0 aliphatic heterocycles. The Labute approximate surface area is 171 Å². The minimum atomic E-state index is -0.971. The molecule has 156 valence electrons. The van der Waals surface area contributed by atoms with E-state index in [0.717, 1.165) is 22.6 Å². The third-order valence-electron chi connectivity index (χ3n) is 4.57. The fraction of sp³-hybridized carbons (Fsp3) is 0.391. The van der Waals surface area contributed by atoms with Crippen LogP contribution in [0.5, 0.6) is 11.5 Å². The minimum absolute atomic E-state index is 0.00157. The number of hydrogen-bond acceptors (Lipinski definition) is 4. The molecular formula is C23H29NO5. The molecule has 0 radical (unpaired) electrons. The first-order valence-corrected chi connectivity index (χ1v) is 9.76. The maximum absolute atomic E-state index is 11.5. The number of aryl methyl sites for hydroxylation is 2. The van der Waals surface area contributed by atoms with Gasteiger partial charge in [0.2, 0.25) is 5.91 Å². The van der Waals surface area contributed by atoms with Crippen LogP contribution in [0.4, 0.5) is 0 Å². The van der Waals surface area contributed by atoms with E-state index in [1.54, 1.807) is 0 Å². The van der Waals surface area contributed by atoms with Crippen LogP contribution in [0, 0.1) is 20.8 Å². The maximum Gasteiger partial charge on any atom is 0.303 e. The van der Waals surface area contributed by atoms with Crippen molar-refractivity contribution in [3.8, 4) is 11.5 Å². The largest absolute Gasteiger partial charge is 0.490 e. The Morgan fingerprint density at radius 1 is 1.00 bits per heavy atom. The molecule has 0 fully saturated rings. The van der Waals surface area contributed by atoms with Crippen LogP contribution in [0.15, 0.2) is 36.4 Å². The summed E-state index contributed by atoms with van der Waals surface area (Å²) in [5, 5.41) is 11.3. The predicted molar refractivity (Wildman–Crippen MR) is 112 cm³/mol. The van der Waals surface area contributed by atoms with Crippen molar-refractivity contribution in [1.82, 2.24) is 5.32 Å². The van der Waals surface area contributed by atoms with Crippen molar-refractivity contribution in [2.45, 2.75) is 40.0 Å². The fourth-order valence-corrected chi connectivity index (χ4v) is 2.91. The molecule has 0 aromatic heterocycles. The molecule has 0 atom stereocenters. The highest BCUT2D eigenvalue weighted by molar-refractivity contribution is 5.80. The summed E-state index contributed by atoms with van der Waals surface area (Å²) in [6.45, 7) is 7.52. The number of carbonyl (C=O) groups excluding carboxylic acids is 1. The number of carboxylic acid groups (broad SMARTS) is 1. The average Bonchev–Trinajstić information content (AvgIpc) is 2.67. The van der Waals surface area contributed by atoms with Crippen LogP contribution in [0.25, 0.3) is 0 Å². The average molecular weight is 399 g/mol. The predicted octanol–water partition coefficient (Wildman–Crippen LogP) is 3.59. The number of rotatable bonds is 11. The Bertz CT molecular complexity index is 847. The topological polar surface area (TPSA) is 84.9 Å². The van der Waals surface area contributed by atoms with E-state index in [0.29, 0.717) is 26.2 Å². The molecule has 0 heterocycles. The first-order chi connectivity index (χ1) is 13.8. The lowest BCUT2D eigenvalue weighted by atomic mass is 10.1. The van der Waals surface area contributed by atoms with Gasteiger partial charge in [0.05, 0.1) is 6.42 Å². The van der Waals surface area contributed by atoms with Crippen LogP contribution in [-0.4, -0.2) is 36.7 Å². The van der Waals surface area contributed by atoms with Gasteiger partial charge >= 0.3 is 5.97 Å². The van der Waals surface area contributed by atoms with Crippen molar-refractivity contribution < 1.29 is 24.2 Å². The lowest BCUT2D eigenvalue weighted by Gasteiger charge is -2.13. The maximum atomic E-state index is 11.5. The van der Waals surface area contributed by atoms with E-state index in [9.17, 15) is 9.59 Å². The van der Waals surface area contributed by atoms with Crippen molar-refractivity contribution >= 4 is 11.9 Å². The number of amides is 1. The number of ether oxygens (including phenoxy) is 2. The van der Waals surface area contributed by atoms with Crippen molar-refractivity contribution in [3.63, 3.8) is 0 Å². The third kappa shape index (κ3) is 7.86. The van der Waals surface area contributed by atoms with Crippen LogP contribution < -0.4 is 14.8 Å². The summed E-state index contributed by atoms with van der Waals surface area (Å²) < 4.78 is 11.7.